The van der Waals surface area contributed by atoms with Gasteiger partial charge in [0.05, 0.1) is 0 Å². The third kappa shape index (κ3) is 8.29. The summed E-state index contributed by atoms with van der Waals surface area (Å²) < 4.78 is 0. The second kappa shape index (κ2) is 10.0. The highest BCUT2D eigenvalue weighted by atomic mass is 15.1. The molecule has 0 aromatic rings. The molecule has 1 nitrogen and oxygen atoms in total. The topological polar surface area (TPSA) is 3.24 Å². The summed E-state index contributed by atoms with van der Waals surface area (Å²) in [7, 11) is 0. The lowest BCUT2D eigenvalue weighted by Gasteiger charge is -2.16. The second-order valence-corrected chi connectivity index (χ2v) is 3.65. The fraction of sp³-hybridized carbons (Fsp3) is 0.917. The van der Waals surface area contributed by atoms with E-state index in [4.69, 9.17) is 0 Å². The van der Waals surface area contributed by atoms with Crippen molar-refractivity contribution in [3.8, 4) is 0 Å². The summed E-state index contributed by atoms with van der Waals surface area (Å²) in [6.45, 7) is 11.2. The van der Waals surface area contributed by atoms with Crippen LogP contribution in [-0.2, 0) is 0 Å². The van der Waals surface area contributed by atoms with E-state index >= 15 is 0 Å². The smallest absolute Gasteiger partial charge is 0.0220 e. The Hall–Kier alpha value is -0.0400. The Balaban J connectivity index is 3.05. The van der Waals surface area contributed by atoms with Crippen LogP contribution in [-0.4, -0.2) is 18.0 Å². The van der Waals surface area contributed by atoms with E-state index < -0.39 is 0 Å². The SMILES string of the molecule is C[CH]N(CC)CCCCCCCC. The van der Waals surface area contributed by atoms with Crippen LogP contribution in [0.15, 0.2) is 0 Å². The zero-order valence-corrected chi connectivity index (χ0v) is 9.68. The first kappa shape index (κ1) is 13.0. The second-order valence-electron chi connectivity index (χ2n) is 3.65. The molecule has 0 rings (SSSR count). The van der Waals surface area contributed by atoms with Gasteiger partial charge in [0.1, 0.15) is 0 Å². The van der Waals surface area contributed by atoms with E-state index in [1.165, 1.54) is 45.1 Å². The molecular weight excluding hydrogens is 158 g/mol. The molecule has 0 atom stereocenters. The Morgan fingerprint density at radius 3 is 2.08 bits per heavy atom. The van der Waals surface area contributed by atoms with Gasteiger partial charge in [-0.05, 0) is 26.4 Å². The van der Waals surface area contributed by atoms with E-state index in [0.29, 0.717) is 0 Å². The summed E-state index contributed by atoms with van der Waals surface area (Å²) in [6, 6.07) is 0. The molecule has 0 amide bonds. The third-order valence-electron chi connectivity index (χ3n) is 2.57. The average Bonchev–Trinajstić information content (AvgIpc) is 2.17. The average molecular weight is 184 g/mol. The summed E-state index contributed by atoms with van der Waals surface area (Å²) in [4.78, 5) is 2.39. The maximum atomic E-state index is 2.39. The van der Waals surface area contributed by atoms with Crippen LogP contribution in [0.25, 0.3) is 0 Å². The van der Waals surface area contributed by atoms with Gasteiger partial charge in [-0.15, -0.1) is 0 Å². The minimum atomic E-state index is 1.16. The van der Waals surface area contributed by atoms with Crippen molar-refractivity contribution >= 4 is 0 Å². The molecule has 0 heterocycles. The largest absolute Gasteiger partial charge is 0.299 e. The fourth-order valence-electron chi connectivity index (χ4n) is 1.57. The molecule has 0 aromatic carbocycles. The quantitative estimate of drug-likeness (QED) is 0.492. The first-order chi connectivity index (χ1) is 6.35. The van der Waals surface area contributed by atoms with Crippen molar-refractivity contribution in [2.24, 2.45) is 0 Å². The highest BCUT2D eigenvalue weighted by Crippen LogP contribution is 2.06. The van der Waals surface area contributed by atoms with Gasteiger partial charge < -0.3 is 0 Å². The molecule has 0 N–H and O–H groups in total. The van der Waals surface area contributed by atoms with Crippen molar-refractivity contribution in [3.05, 3.63) is 6.54 Å². The molecule has 1 radical (unpaired) electrons. The van der Waals surface area contributed by atoms with E-state index in [1.807, 2.05) is 0 Å². The Kier molecular flexibility index (Phi) is 10.0. The molecule has 0 saturated carbocycles. The van der Waals surface area contributed by atoms with Gasteiger partial charge >= 0.3 is 0 Å². The van der Waals surface area contributed by atoms with Crippen LogP contribution in [0.5, 0.6) is 0 Å². The Morgan fingerprint density at radius 1 is 0.923 bits per heavy atom. The van der Waals surface area contributed by atoms with Gasteiger partial charge in [-0.3, -0.25) is 4.90 Å². The van der Waals surface area contributed by atoms with Crippen molar-refractivity contribution in [3.63, 3.8) is 0 Å². The molecule has 1 heteroatoms. The first-order valence-corrected chi connectivity index (χ1v) is 5.88. The van der Waals surface area contributed by atoms with Gasteiger partial charge in [0.25, 0.3) is 0 Å². The zero-order valence-electron chi connectivity index (χ0n) is 9.68. The lowest BCUT2D eigenvalue weighted by molar-refractivity contribution is 0.343. The molecule has 13 heavy (non-hydrogen) atoms. The normalized spacial score (nSPS) is 11.1. The molecule has 0 unspecified atom stereocenters. The molecule has 0 aliphatic heterocycles. The van der Waals surface area contributed by atoms with Gasteiger partial charge in [0, 0.05) is 6.54 Å². The standard InChI is InChI=1S/C12H26N/c1-4-7-8-9-10-11-12-13(5-2)6-3/h5H,4,6-12H2,1-3H3. The maximum Gasteiger partial charge on any atom is 0.0220 e. The van der Waals surface area contributed by atoms with Crippen molar-refractivity contribution in [2.75, 3.05) is 13.1 Å². The summed E-state index contributed by atoms with van der Waals surface area (Å²) in [5, 5.41) is 0. The fourth-order valence-corrected chi connectivity index (χ4v) is 1.57. The van der Waals surface area contributed by atoms with Gasteiger partial charge in [0.2, 0.25) is 0 Å². The minimum absolute atomic E-state index is 1.16. The van der Waals surface area contributed by atoms with Crippen LogP contribution < -0.4 is 0 Å². The minimum Gasteiger partial charge on any atom is -0.299 e. The molecule has 0 aliphatic rings. The number of nitrogens with zero attached hydrogens (tertiary/aromatic N) is 1. The van der Waals surface area contributed by atoms with Crippen LogP contribution in [0, 0.1) is 6.54 Å². The summed E-state index contributed by atoms with van der Waals surface area (Å²) >= 11 is 0. The van der Waals surface area contributed by atoms with Crippen molar-refractivity contribution in [2.45, 2.75) is 59.3 Å². The van der Waals surface area contributed by atoms with E-state index in [2.05, 4.69) is 32.2 Å². The molecule has 0 spiro atoms. The predicted octanol–water partition coefficient (Wildman–Crippen LogP) is 3.85. The van der Waals surface area contributed by atoms with Crippen LogP contribution >= 0.6 is 0 Å². The number of rotatable bonds is 9. The van der Waals surface area contributed by atoms with Gasteiger partial charge in [-0.1, -0.05) is 46.0 Å². The number of hydrogen-bond acceptors (Lipinski definition) is 1. The van der Waals surface area contributed by atoms with Gasteiger partial charge in [0.15, 0.2) is 0 Å². The van der Waals surface area contributed by atoms with E-state index in [9.17, 15) is 0 Å². The summed E-state index contributed by atoms with van der Waals surface area (Å²) in [5.41, 5.74) is 0. The first-order valence-electron chi connectivity index (χ1n) is 5.88. The summed E-state index contributed by atoms with van der Waals surface area (Å²) in [6.07, 6.45) is 8.39. The third-order valence-corrected chi connectivity index (χ3v) is 2.57. The highest BCUT2D eigenvalue weighted by molar-refractivity contribution is 4.61. The molecule has 0 saturated heterocycles. The van der Waals surface area contributed by atoms with E-state index in [-0.39, 0.29) is 0 Å². The predicted molar refractivity (Wildman–Crippen MR) is 60.6 cm³/mol. The molecule has 0 aromatic heterocycles. The zero-order chi connectivity index (χ0) is 9.94. The highest BCUT2D eigenvalue weighted by Gasteiger charge is 1.97. The van der Waals surface area contributed by atoms with Crippen LogP contribution in [0.4, 0.5) is 0 Å². The monoisotopic (exact) mass is 184 g/mol. The van der Waals surface area contributed by atoms with Crippen molar-refractivity contribution < 1.29 is 0 Å². The van der Waals surface area contributed by atoms with E-state index in [1.54, 1.807) is 0 Å². The van der Waals surface area contributed by atoms with Gasteiger partial charge in [-0.25, -0.2) is 0 Å². The molecular formula is C12H26N. The van der Waals surface area contributed by atoms with Crippen molar-refractivity contribution in [1.29, 1.82) is 0 Å². The Labute approximate surface area is 84.5 Å². The van der Waals surface area contributed by atoms with E-state index in [0.717, 1.165) is 6.54 Å². The van der Waals surface area contributed by atoms with Crippen molar-refractivity contribution in [1.82, 2.24) is 4.90 Å². The van der Waals surface area contributed by atoms with Gasteiger partial charge in [-0.2, -0.15) is 0 Å². The lowest BCUT2D eigenvalue weighted by atomic mass is 10.1. The number of hydrogen-bond donors (Lipinski definition) is 0. The van der Waals surface area contributed by atoms with Crippen LogP contribution in [0.2, 0.25) is 0 Å². The van der Waals surface area contributed by atoms with Crippen LogP contribution in [0.1, 0.15) is 59.3 Å². The Bertz CT molecular complexity index is 87.1. The number of unbranched alkanes of at least 4 members (excludes halogenated alkanes) is 5. The molecule has 0 aliphatic carbocycles. The Morgan fingerprint density at radius 2 is 1.54 bits per heavy atom. The molecule has 0 fully saturated rings. The lowest BCUT2D eigenvalue weighted by Crippen LogP contribution is -2.20. The maximum absolute atomic E-state index is 2.39. The van der Waals surface area contributed by atoms with Crippen LogP contribution in [0.3, 0.4) is 0 Å². The summed E-state index contributed by atoms with van der Waals surface area (Å²) in [5.74, 6) is 0. The molecule has 79 valence electrons. The molecule has 0 bridgehead atoms.